The lowest BCUT2D eigenvalue weighted by Crippen LogP contribution is -2.35. The Balaban J connectivity index is 2.19. The maximum atomic E-state index is 10.9. The number of fused-ring (bicyclic) bond motifs is 1. The van der Waals surface area contributed by atoms with E-state index in [4.69, 9.17) is 14.6 Å². The van der Waals surface area contributed by atoms with Crippen molar-refractivity contribution < 1.29 is 19.4 Å². The van der Waals surface area contributed by atoms with Gasteiger partial charge in [-0.05, 0) is 96.9 Å². The van der Waals surface area contributed by atoms with Crippen molar-refractivity contribution >= 4 is 5.97 Å². The number of carboxylic acid groups (broad SMARTS) is 1. The molecule has 4 nitrogen and oxygen atoms in total. The third-order valence-electron chi connectivity index (χ3n) is 5.78. The van der Waals surface area contributed by atoms with Gasteiger partial charge in [0, 0.05) is 5.56 Å². The van der Waals surface area contributed by atoms with Crippen LogP contribution in [0.1, 0.15) is 69.2 Å². The molecule has 1 atom stereocenters. The van der Waals surface area contributed by atoms with Crippen LogP contribution in [0.2, 0.25) is 0 Å². The van der Waals surface area contributed by atoms with E-state index in [0.717, 1.165) is 53.7 Å². The minimum absolute atomic E-state index is 0.333. The van der Waals surface area contributed by atoms with Crippen molar-refractivity contribution in [3.8, 4) is 11.5 Å². The van der Waals surface area contributed by atoms with Crippen LogP contribution in [0, 0.1) is 20.8 Å². The van der Waals surface area contributed by atoms with Gasteiger partial charge in [-0.3, -0.25) is 0 Å². The number of allylic oxidation sites excluding steroid dienone is 5. The molecular formula is C26H36O4. The summed E-state index contributed by atoms with van der Waals surface area (Å²) in [5.74, 6) is 0.615. The first-order valence-corrected chi connectivity index (χ1v) is 10.7. The van der Waals surface area contributed by atoms with Crippen LogP contribution in [0.25, 0.3) is 0 Å². The molecule has 0 bridgehead atoms. The van der Waals surface area contributed by atoms with Crippen LogP contribution in [0.15, 0.2) is 35.5 Å². The van der Waals surface area contributed by atoms with Gasteiger partial charge in [0.1, 0.15) is 17.1 Å². The summed E-state index contributed by atoms with van der Waals surface area (Å²) in [6.45, 7) is 14.2. The van der Waals surface area contributed by atoms with Gasteiger partial charge < -0.3 is 14.6 Å². The van der Waals surface area contributed by atoms with Gasteiger partial charge in [-0.25, -0.2) is 4.79 Å². The molecular weight excluding hydrogens is 376 g/mol. The lowest BCUT2D eigenvalue weighted by molar-refractivity contribution is -0.139. The normalized spacial score (nSPS) is 18.7. The molecule has 0 aliphatic carbocycles. The molecule has 1 aromatic rings. The van der Waals surface area contributed by atoms with E-state index in [1.54, 1.807) is 0 Å². The van der Waals surface area contributed by atoms with Gasteiger partial charge in [0.2, 0.25) is 0 Å². The summed E-state index contributed by atoms with van der Waals surface area (Å²) in [6.07, 6.45) is 12.6. The Morgan fingerprint density at radius 3 is 2.50 bits per heavy atom. The molecule has 0 amide bonds. The molecule has 0 radical (unpaired) electrons. The van der Waals surface area contributed by atoms with E-state index in [-0.39, 0.29) is 12.2 Å². The minimum Gasteiger partial charge on any atom is -0.483 e. The minimum atomic E-state index is -0.970. The maximum Gasteiger partial charge on any atom is 0.341 e. The fourth-order valence-electron chi connectivity index (χ4n) is 3.81. The topological polar surface area (TPSA) is 55.8 Å². The van der Waals surface area contributed by atoms with Gasteiger partial charge in [-0.15, -0.1) is 0 Å². The Bertz CT molecular complexity index is 885. The Hall–Kier alpha value is -2.49. The average Bonchev–Trinajstić information content (AvgIpc) is 2.65. The molecule has 2 rings (SSSR count). The van der Waals surface area contributed by atoms with Gasteiger partial charge in [-0.1, -0.05) is 29.4 Å². The van der Waals surface area contributed by atoms with Crippen molar-refractivity contribution in [3.63, 3.8) is 0 Å². The van der Waals surface area contributed by atoms with Crippen LogP contribution < -0.4 is 9.47 Å². The Kier molecular flexibility index (Phi) is 7.94. The molecule has 4 heteroatoms. The lowest BCUT2D eigenvalue weighted by Gasteiger charge is -2.36. The molecule has 0 unspecified atom stereocenters. The molecule has 164 valence electrons. The number of carboxylic acids is 1. The van der Waals surface area contributed by atoms with E-state index in [0.29, 0.717) is 5.75 Å². The summed E-state index contributed by atoms with van der Waals surface area (Å²) in [4.78, 5) is 10.9. The van der Waals surface area contributed by atoms with Crippen molar-refractivity contribution in [2.75, 3.05) is 6.61 Å². The van der Waals surface area contributed by atoms with Crippen LogP contribution in [0.5, 0.6) is 11.5 Å². The Morgan fingerprint density at radius 2 is 1.87 bits per heavy atom. The highest BCUT2D eigenvalue weighted by molar-refractivity contribution is 5.69. The molecule has 1 N–H and O–H groups in total. The van der Waals surface area contributed by atoms with Gasteiger partial charge in [0.15, 0.2) is 6.61 Å². The SMILES string of the molecule is CC(C)=CCCC(C)=CC=C[C@]1(C)CCc2c(C)c(OCC(=O)O)c(C)c(C)c2O1. The van der Waals surface area contributed by atoms with Crippen molar-refractivity contribution in [1.29, 1.82) is 0 Å². The smallest absolute Gasteiger partial charge is 0.341 e. The van der Waals surface area contributed by atoms with Gasteiger partial charge in [0.05, 0.1) is 0 Å². The molecule has 1 aliphatic rings. The largest absolute Gasteiger partial charge is 0.483 e. The molecule has 0 spiro atoms. The molecule has 1 aliphatic heterocycles. The van der Waals surface area contributed by atoms with E-state index in [2.05, 4.69) is 52.0 Å². The van der Waals surface area contributed by atoms with Crippen LogP contribution in [0.3, 0.4) is 0 Å². The van der Waals surface area contributed by atoms with Gasteiger partial charge in [-0.2, -0.15) is 0 Å². The summed E-state index contributed by atoms with van der Waals surface area (Å²) in [6, 6.07) is 0. The third kappa shape index (κ3) is 6.01. The summed E-state index contributed by atoms with van der Waals surface area (Å²) in [7, 11) is 0. The highest BCUT2D eigenvalue weighted by Gasteiger charge is 2.32. The first kappa shape index (κ1) is 23.8. The average molecular weight is 413 g/mol. The van der Waals surface area contributed by atoms with E-state index in [1.807, 2.05) is 20.8 Å². The molecule has 0 fully saturated rings. The molecule has 0 saturated heterocycles. The fraction of sp³-hybridized carbons (Fsp3) is 0.500. The zero-order valence-corrected chi connectivity index (χ0v) is 19.5. The Labute approximate surface area is 181 Å². The van der Waals surface area contributed by atoms with Crippen LogP contribution >= 0.6 is 0 Å². The monoisotopic (exact) mass is 412 g/mol. The molecule has 0 aromatic heterocycles. The number of ether oxygens (including phenoxy) is 2. The third-order valence-corrected chi connectivity index (χ3v) is 5.78. The summed E-state index contributed by atoms with van der Waals surface area (Å²) < 4.78 is 12.1. The zero-order chi connectivity index (χ0) is 22.5. The molecule has 30 heavy (non-hydrogen) atoms. The van der Waals surface area contributed by atoms with E-state index < -0.39 is 5.97 Å². The number of aliphatic carboxylic acids is 1. The molecule has 1 aromatic carbocycles. The number of hydrogen-bond acceptors (Lipinski definition) is 3. The van der Waals surface area contributed by atoms with Gasteiger partial charge >= 0.3 is 5.97 Å². The summed E-state index contributed by atoms with van der Waals surface area (Å²) in [5, 5.41) is 8.96. The van der Waals surface area contributed by atoms with Crippen LogP contribution in [-0.4, -0.2) is 23.3 Å². The maximum absolute atomic E-state index is 10.9. The predicted octanol–water partition coefficient (Wildman–Crippen LogP) is 6.41. The Morgan fingerprint density at radius 1 is 1.17 bits per heavy atom. The van der Waals surface area contributed by atoms with E-state index >= 15 is 0 Å². The van der Waals surface area contributed by atoms with Crippen LogP contribution in [0.4, 0.5) is 0 Å². The highest BCUT2D eigenvalue weighted by atomic mass is 16.5. The number of benzene rings is 1. The number of rotatable bonds is 8. The second kappa shape index (κ2) is 10.0. The predicted molar refractivity (Wildman–Crippen MR) is 123 cm³/mol. The first-order valence-electron chi connectivity index (χ1n) is 10.7. The molecule has 1 heterocycles. The number of hydrogen-bond donors (Lipinski definition) is 1. The fourth-order valence-corrected chi connectivity index (χ4v) is 3.81. The number of carbonyl (C=O) groups is 1. The van der Waals surface area contributed by atoms with Crippen molar-refractivity contribution in [1.82, 2.24) is 0 Å². The van der Waals surface area contributed by atoms with Crippen molar-refractivity contribution in [2.24, 2.45) is 0 Å². The quantitative estimate of drug-likeness (QED) is 0.396. The standard InChI is InChI=1S/C26H36O4/c1-17(2)10-8-11-18(3)12-9-14-26(7)15-13-22-21(6)24(29-16-23(27)28)19(4)20(5)25(22)30-26/h9-10,12,14H,8,11,13,15-16H2,1-7H3,(H,27,28)/t26-/m1/s1. The van der Waals surface area contributed by atoms with E-state index in [9.17, 15) is 4.79 Å². The van der Waals surface area contributed by atoms with E-state index in [1.165, 1.54) is 11.1 Å². The molecule has 0 saturated carbocycles. The first-order chi connectivity index (χ1) is 14.0. The van der Waals surface area contributed by atoms with Crippen molar-refractivity contribution in [3.05, 3.63) is 57.7 Å². The second-order valence-electron chi connectivity index (χ2n) is 8.80. The summed E-state index contributed by atoms with van der Waals surface area (Å²) >= 11 is 0. The second-order valence-corrected chi connectivity index (χ2v) is 8.80. The van der Waals surface area contributed by atoms with Gasteiger partial charge in [0.25, 0.3) is 0 Å². The highest BCUT2D eigenvalue weighted by Crippen LogP contribution is 2.44. The van der Waals surface area contributed by atoms with Crippen molar-refractivity contribution in [2.45, 2.75) is 79.8 Å². The lowest BCUT2D eigenvalue weighted by atomic mass is 9.87. The summed E-state index contributed by atoms with van der Waals surface area (Å²) in [5.41, 5.74) is 6.41. The van der Waals surface area contributed by atoms with Crippen LogP contribution in [-0.2, 0) is 11.2 Å². The zero-order valence-electron chi connectivity index (χ0n) is 19.5.